The van der Waals surface area contributed by atoms with Crippen LogP contribution in [-0.4, -0.2) is 37.2 Å². The van der Waals surface area contributed by atoms with Gasteiger partial charge in [0.05, 0.1) is 20.2 Å². The Hall–Kier alpha value is -4.30. The van der Waals surface area contributed by atoms with E-state index in [1.54, 1.807) is 7.11 Å². The standard InChI is InChI=1S/C28H28N6O2/c1-20-8-11-23-15-24(28(35)29-26(23)14-20)18-33(16-22-9-12-25(36-2)13-10-22)19-27-30-31-32-34(27)17-21-6-4-3-5-7-21/h3-15H,16-19H2,1-2H3,(H,29,35). The molecule has 3 aromatic carbocycles. The van der Waals surface area contributed by atoms with Crippen LogP contribution in [0.15, 0.2) is 83.7 Å². The quantitative estimate of drug-likeness (QED) is 0.342. The van der Waals surface area contributed by atoms with E-state index < -0.39 is 0 Å². The Bertz CT molecular complexity index is 1510. The van der Waals surface area contributed by atoms with E-state index in [1.807, 2.05) is 72.3 Å². The molecule has 0 spiro atoms. The molecule has 8 nitrogen and oxygen atoms in total. The number of tetrazole rings is 1. The van der Waals surface area contributed by atoms with Gasteiger partial charge in [0.2, 0.25) is 0 Å². The van der Waals surface area contributed by atoms with Crippen molar-refractivity contribution in [1.29, 1.82) is 0 Å². The van der Waals surface area contributed by atoms with Crippen LogP contribution in [-0.2, 0) is 26.2 Å². The molecule has 2 heterocycles. The number of methoxy groups -OCH3 is 1. The van der Waals surface area contributed by atoms with E-state index in [0.29, 0.717) is 31.7 Å². The maximum absolute atomic E-state index is 13.0. The fraction of sp³-hybridized carbons (Fsp3) is 0.214. The number of benzene rings is 3. The van der Waals surface area contributed by atoms with Gasteiger partial charge >= 0.3 is 0 Å². The number of aromatic amines is 1. The van der Waals surface area contributed by atoms with Crippen LogP contribution in [0.1, 0.15) is 28.1 Å². The molecule has 8 heteroatoms. The van der Waals surface area contributed by atoms with Crippen molar-refractivity contribution in [3.8, 4) is 5.75 Å². The molecule has 5 aromatic rings. The zero-order chi connectivity index (χ0) is 24.9. The van der Waals surface area contributed by atoms with Gasteiger partial charge in [0.1, 0.15) is 5.75 Å². The van der Waals surface area contributed by atoms with Gasteiger partial charge in [-0.15, -0.1) is 5.10 Å². The average Bonchev–Trinajstić information content (AvgIpc) is 3.32. The number of fused-ring (bicyclic) bond motifs is 1. The highest BCUT2D eigenvalue weighted by atomic mass is 16.5. The number of nitrogens with zero attached hydrogens (tertiary/aromatic N) is 5. The number of nitrogens with one attached hydrogen (secondary N) is 1. The normalized spacial score (nSPS) is 11.3. The van der Waals surface area contributed by atoms with E-state index in [1.165, 1.54) is 0 Å². The molecule has 2 aromatic heterocycles. The lowest BCUT2D eigenvalue weighted by Gasteiger charge is -2.22. The number of aryl methyl sites for hydroxylation is 1. The Morgan fingerprint density at radius 2 is 1.72 bits per heavy atom. The van der Waals surface area contributed by atoms with Crippen LogP contribution < -0.4 is 10.3 Å². The van der Waals surface area contributed by atoms with Gasteiger partial charge in [0, 0.05) is 24.2 Å². The second-order valence-corrected chi connectivity index (χ2v) is 8.95. The Balaban J connectivity index is 1.44. The van der Waals surface area contributed by atoms with Crippen LogP contribution in [0.2, 0.25) is 0 Å². The molecule has 0 aliphatic carbocycles. The van der Waals surface area contributed by atoms with Crippen molar-refractivity contribution >= 4 is 10.9 Å². The Kier molecular flexibility index (Phi) is 6.86. The van der Waals surface area contributed by atoms with Gasteiger partial charge in [0.15, 0.2) is 5.82 Å². The lowest BCUT2D eigenvalue weighted by Crippen LogP contribution is -2.28. The van der Waals surface area contributed by atoms with Crippen LogP contribution in [0.5, 0.6) is 5.75 Å². The Morgan fingerprint density at radius 1 is 0.917 bits per heavy atom. The van der Waals surface area contributed by atoms with Crippen LogP contribution in [0.25, 0.3) is 10.9 Å². The Labute approximate surface area is 209 Å². The number of H-pyrrole nitrogens is 1. The highest BCUT2D eigenvalue weighted by molar-refractivity contribution is 5.79. The van der Waals surface area contributed by atoms with Crippen LogP contribution >= 0.6 is 0 Å². The first-order chi connectivity index (χ1) is 17.6. The van der Waals surface area contributed by atoms with Crippen molar-refractivity contribution < 1.29 is 4.74 Å². The Morgan fingerprint density at radius 3 is 2.50 bits per heavy atom. The van der Waals surface area contributed by atoms with Crippen molar-refractivity contribution in [2.75, 3.05) is 7.11 Å². The number of hydrogen-bond donors (Lipinski definition) is 1. The monoisotopic (exact) mass is 480 g/mol. The fourth-order valence-corrected chi connectivity index (χ4v) is 4.29. The van der Waals surface area contributed by atoms with Crippen molar-refractivity contribution in [3.63, 3.8) is 0 Å². The van der Waals surface area contributed by atoms with E-state index >= 15 is 0 Å². The molecule has 36 heavy (non-hydrogen) atoms. The predicted octanol–water partition coefficient (Wildman–Crippen LogP) is 4.08. The summed E-state index contributed by atoms with van der Waals surface area (Å²) in [7, 11) is 1.65. The molecule has 1 N–H and O–H groups in total. The summed E-state index contributed by atoms with van der Waals surface area (Å²) in [5.74, 6) is 1.54. The fourth-order valence-electron chi connectivity index (χ4n) is 4.29. The molecule has 0 bridgehead atoms. The molecule has 0 saturated heterocycles. The molecule has 0 aliphatic heterocycles. The minimum absolute atomic E-state index is 0.0864. The highest BCUT2D eigenvalue weighted by Gasteiger charge is 2.16. The third kappa shape index (κ3) is 5.50. The smallest absolute Gasteiger partial charge is 0.252 e. The molecule has 182 valence electrons. The number of rotatable bonds is 9. The average molecular weight is 481 g/mol. The third-order valence-electron chi connectivity index (χ3n) is 6.18. The van der Waals surface area contributed by atoms with Gasteiger partial charge in [-0.2, -0.15) is 0 Å². The van der Waals surface area contributed by atoms with Crippen molar-refractivity contribution in [2.45, 2.75) is 33.1 Å². The van der Waals surface area contributed by atoms with E-state index in [2.05, 4.69) is 43.6 Å². The zero-order valence-corrected chi connectivity index (χ0v) is 20.4. The van der Waals surface area contributed by atoms with Crippen LogP contribution in [0, 0.1) is 6.92 Å². The maximum Gasteiger partial charge on any atom is 0.252 e. The lowest BCUT2D eigenvalue weighted by atomic mass is 10.1. The molecule has 0 unspecified atom stereocenters. The van der Waals surface area contributed by atoms with E-state index in [9.17, 15) is 4.79 Å². The molecule has 0 saturated carbocycles. The van der Waals surface area contributed by atoms with Crippen molar-refractivity contribution in [3.05, 3.63) is 117 Å². The summed E-state index contributed by atoms with van der Waals surface area (Å²) < 4.78 is 7.11. The first kappa shape index (κ1) is 23.4. The first-order valence-corrected chi connectivity index (χ1v) is 11.8. The molecular formula is C28H28N6O2. The predicted molar refractivity (Wildman–Crippen MR) is 139 cm³/mol. The third-order valence-corrected chi connectivity index (χ3v) is 6.18. The SMILES string of the molecule is COc1ccc(CN(Cc2cc3ccc(C)cc3[nH]c2=O)Cc2nnnn2Cc2ccccc2)cc1. The van der Waals surface area contributed by atoms with Crippen LogP contribution in [0.4, 0.5) is 0 Å². The number of pyridine rings is 1. The minimum Gasteiger partial charge on any atom is -0.497 e. The first-order valence-electron chi connectivity index (χ1n) is 11.8. The highest BCUT2D eigenvalue weighted by Crippen LogP contribution is 2.18. The van der Waals surface area contributed by atoms with E-state index in [-0.39, 0.29) is 5.56 Å². The second-order valence-electron chi connectivity index (χ2n) is 8.95. The van der Waals surface area contributed by atoms with Gasteiger partial charge < -0.3 is 9.72 Å². The van der Waals surface area contributed by atoms with Gasteiger partial charge in [0.25, 0.3) is 5.56 Å². The van der Waals surface area contributed by atoms with E-state index in [4.69, 9.17) is 4.74 Å². The molecule has 0 atom stereocenters. The molecule has 0 fully saturated rings. The van der Waals surface area contributed by atoms with Crippen molar-refractivity contribution in [1.82, 2.24) is 30.1 Å². The topological polar surface area (TPSA) is 88.9 Å². The van der Waals surface area contributed by atoms with Crippen molar-refractivity contribution in [2.24, 2.45) is 0 Å². The summed E-state index contributed by atoms with van der Waals surface area (Å²) in [5.41, 5.74) is 4.79. The molecule has 5 rings (SSSR count). The molecular weight excluding hydrogens is 452 g/mol. The molecule has 0 radical (unpaired) electrons. The summed E-state index contributed by atoms with van der Waals surface area (Å²) in [6.07, 6.45) is 0. The number of hydrogen-bond acceptors (Lipinski definition) is 6. The summed E-state index contributed by atoms with van der Waals surface area (Å²) in [4.78, 5) is 18.2. The summed E-state index contributed by atoms with van der Waals surface area (Å²) >= 11 is 0. The zero-order valence-electron chi connectivity index (χ0n) is 20.4. The van der Waals surface area contributed by atoms with Gasteiger partial charge in [-0.1, -0.05) is 54.6 Å². The summed E-state index contributed by atoms with van der Waals surface area (Å²) in [6, 6.07) is 26.1. The van der Waals surface area contributed by atoms with E-state index in [0.717, 1.165) is 39.2 Å². The number of ether oxygens (including phenoxy) is 1. The number of aromatic nitrogens is 5. The van der Waals surface area contributed by atoms with Gasteiger partial charge in [-0.3, -0.25) is 9.69 Å². The lowest BCUT2D eigenvalue weighted by molar-refractivity contribution is 0.236. The molecule has 0 amide bonds. The second kappa shape index (κ2) is 10.5. The minimum atomic E-state index is -0.0864. The largest absolute Gasteiger partial charge is 0.497 e. The molecule has 0 aliphatic rings. The van der Waals surface area contributed by atoms with Crippen LogP contribution in [0.3, 0.4) is 0 Å². The summed E-state index contributed by atoms with van der Waals surface area (Å²) in [6.45, 7) is 4.14. The van der Waals surface area contributed by atoms with Gasteiger partial charge in [-0.25, -0.2) is 4.68 Å². The van der Waals surface area contributed by atoms with Gasteiger partial charge in [-0.05, 0) is 63.7 Å². The summed E-state index contributed by atoms with van der Waals surface area (Å²) in [5, 5.41) is 13.4. The maximum atomic E-state index is 13.0.